The van der Waals surface area contributed by atoms with Crippen molar-refractivity contribution in [3.63, 3.8) is 0 Å². The summed E-state index contributed by atoms with van der Waals surface area (Å²) < 4.78 is 17.1. The normalized spacial score (nSPS) is 32.6. The number of nitrogens with one attached hydrogen (secondary N) is 1. The molecule has 2 saturated heterocycles. The zero-order chi connectivity index (χ0) is 25.0. The molecule has 2 aliphatic rings. The SMILES string of the molecule is C=C(C)NC1CC(C)C(C/C=C(C)/C=C/C2CC(CO)C[C@@H](CC(=O)OC)O2)OC1C.CC. The predicted octanol–water partition coefficient (Wildman–Crippen LogP) is 4.93. The fourth-order valence-electron chi connectivity index (χ4n) is 4.49. The van der Waals surface area contributed by atoms with Crippen molar-refractivity contribution in [2.75, 3.05) is 13.7 Å². The first-order valence-electron chi connectivity index (χ1n) is 12.5. The van der Waals surface area contributed by atoms with Gasteiger partial charge in [-0.2, -0.15) is 0 Å². The minimum atomic E-state index is -0.279. The van der Waals surface area contributed by atoms with Crippen molar-refractivity contribution in [3.8, 4) is 0 Å². The third-order valence-corrected chi connectivity index (χ3v) is 6.30. The van der Waals surface area contributed by atoms with Crippen LogP contribution in [0.25, 0.3) is 0 Å². The van der Waals surface area contributed by atoms with Crippen molar-refractivity contribution >= 4 is 5.97 Å². The van der Waals surface area contributed by atoms with Gasteiger partial charge in [-0.05, 0) is 58.3 Å². The van der Waals surface area contributed by atoms with Crippen LogP contribution in [0.4, 0.5) is 0 Å². The second-order valence-electron chi connectivity index (χ2n) is 9.26. The van der Waals surface area contributed by atoms with E-state index in [1.54, 1.807) is 0 Å². The van der Waals surface area contributed by atoms with Crippen molar-refractivity contribution < 1.29 is 24.1 Å². The standard InChI is InChI=1S/C25H41NO5.C2H6/c1-16(2)26-23-11-18(4)24(30-19(23)5)10-8-17(3)7-9-21-12-20(15-27)13-22(31-21)14-25(28)29-6;1-2/h7-9,18-24,26-27H,1,10-15H2,2-6H3;1-2H3/b9-7+,17-8+;/t18?,19?,20?,21?,22-,23?,24?;/m0./s1. The van der Waals surface area contributed by atoms with Gasteiger partial charge in [0.05, 0.1) is 44.0 Å². The van der Waals surface area contributed by atoms with Crippen LogP contribution < -0.4 is 5.32 Å². The van der Waals surface area contributed by atoms with Crippen molar-refractivity contribution in [1.29, 1.82) is 0 Å². The Morgan fingerprint density at radius 3 is 2.48 bits per heavy atom. The summed E-state index contributed by atoms with van der Waals surface area (Å²) >= 11 is 0. The minimum Gasteiger partial charge on any atom is -0.469 e. The average Bonchev–Trinajstić information content (AvgIpc) is 2.79. The summed E-state index contributed by atoms with van der Waals surface area (Å²) in [6.45, 7) is 16.5. The Labute approximate surface area is 201 Å². The molecule has 6 nitrogen and oxygen atoms in total. The lowest BCUT2D eigenvalue weighted by Gasteiger charge is -2.39. The van der Waals surface area contributed by atoms with Crippen LogP contribution >= 0.6 is 0 Å². The van der Waals surface area contributed by atoms with Crippen LogP contribution in [0.2, 0.25) is 0 Å². The Balaban J connectivity index is 0.00000265. The third kappa shape index (κ3) is 10.4. The number of hydrogen-bond donors (Lipinski definition) is 2. The van der Waals surface area contributed by atoms with Crippen molar-refractivity contribution in [2.45, 2.75) is 104 Å². The molecular formula is C27H47NO5. The van der Waals surface area contributed by atoms with Gasteiger partial charge in [0, 0.05) is 12.3 Å². The molecule has 0 spiro atoms. The van der Waals surface area contributed by atoms with E-state index in [9.17, 15) is 9.90 Å². The molecule has 2 fully saturated rings. The van der Waals surface area contributed by atoms with Crippen LogP contribution in [0.15, 0.2) is 36.1 Å². The summed E-state index contributed by atoms with van der Waals surface area (Å²) in [4.78, 5) is 11.6. The van der Waals surface area contributed by atoms with E-state index < -0.39 is 0 Å². The number of aliphatic hydroxyl groups excluding tert-OH is 1. The van der Waals surface area contributed by atoms with E-state index >= 15 is 0 Å². The summed E-state index contributed by atoms with van der Waals surface area (Å²) in [6, 6.07) is 0.314. The molecule has 2 N–H and O–H groups in total. The lowest BCUT2D eigenvalue weighted by atomic mass is 9.88. The molecule has 6 unspecified atom stereocenters. The smallest absolute Gasteiger partial charge is 0.308 e. The van der Waals surface area contributed by atoms with Crippen molar-refractivity contribution in [2.24, 2.45) is 11.8 Å². The molecule has 2 rings (SSSR count). The maximum Gasteiger partial charge on any atom is 0.308 e. The molecule has 0 aromatic heterocycles. The number of esters is 1. The molecule has 0 aromatic carbocycles. The number of ether oxygens (including phenoxy) is 3. The molecule has 6 heteroatoms. The molecule has 0 bridgehead atoms. The molecule has 0 amide bonds. The van der Waals surface area contributed by atoms with Gasteiger partial charge in [0.2, 0.25) is 0 Å². The molecule has 0 aliphatic carbocycles. The largest absolute Gasteiger partial charge is 0.469 e. The van der Waals surface area contributed by atoms with E-state index in [4.69, 9.17) is 14.2 Å². The molecule has 0 radical (unpaired) electrons. The second-order valence-corrected chi connectivity index (χ2v) is 9.26. The Bertz CT molecular complexity index is 659. The molecular weight excluding hydrogens is 418 g/mol. The maximum atomic E-state index is 11.6. The van der Waals surface area contributed by atoms with Crippen LogP contribution in [0.3, 0.4) is 0 Å². The Hall–Kier alpha value is -1.63. The van der Waals surface area contributed by atoms with Gasteiger partial charge >= 0.3 is 5.97 Å². The number of carbonyl (C=O) groups excluding carboxylic acids is 1. The summed E-state index contributed by atoms with van der Waals surface area (Å²) in [7, 11) is 1.38. The van der Waals surface area contributed by atoms with Gasteiger partial charge in [-0.1, -0.05) is 51.2 Å². The van der Waals surface area contributed by atoms with Crippen molar-refractivity contribution in [1.82, 2.24) is 5.32 Å². The first-order chi connectivity index (χ1) is 15.7. The van der Waals surface area contributed by atoms with Crippen LogP contribution in [-0.2, 0) is 19.0 Å². The van der Waals surface area contributed by atoms with Crippen LogP contribution in [-0.4, -0.2) is 55.3 Å². The fourth-order valence-corrected chi connectivity index (χ4v) is 4.49. The molecule has 33 heavy (non-hydrogen) atoms. The van der Waals surface area contributed by atoms with E-state index in [0.29, 0.717) is 18.4 Å². The van der Waals surface area contributed by atoms with Crippen LogP contribution in [0.5, 0.6) is 0 Å². The van der Waals surface area contributed by atoms with Crippen LogP contribution in [0.1, 0.15) is 73.6 Å². The molecule has 7 atom stereocenters. The summed E-state index contributed by atoms with van der Waals surface area (Å²) in [5.41, 5.74) is 2.14. The average molecular weight is 466 g/mol. The molecule has 0 aromatic rings. The third-order valence-electron chi connectivity index (χ3n) is 6.30. The van der Waals surface area contributed by atoms with Gasteiger partial charge < -0.3 is 24.6 Å². The zero-order valence-electron chi connectivity index (χ0n) is 21.8. The topological polar surface area (TPSA) is 77.0 Å². The highest BCUT2D eigenvalue weighted by Gasteiger charge is 2.33. The highest BCUT2D eigenvalue weighted by molar-refractivity contribution is 5.69. The molecule has 190 valence electrons. The molecule has 0 saturated carbocycles. The van der Waals surface area contributed by atoms with Gasteiger partial charge in [0.15, 0.2) is 0 Å². The quantitative estimate of drug-likeness (QED) is 0.371. The van der Waals surface area contributed by atoms with Gasteiger partial charge in [-0.15, -0.1) is 0 Å². The number of methoxy groups -OCH3 is 1. The van der Waals surface area contributed by atoms with E-state index in [0.717, 1.165) is 30.5 Å². The Morgan fingerprint density at radius 1 is 1.18 bits per heavy atom. The van der Waals surface area contributed by atoms with Crippen molar-refractivity contribution in [3.05, 3.63) is 36.1 Å². The predicted molar refractivity (Wildman–Crippen MR) is 134 cm³/mol. The second kappa shape index (κ2) is 15.3. The van der Waals surface area contributed by atoms with E-state index in [1.807, 2.05) is 26.8 Å². The first kappa shape index (κ1) is 29.4. The van der Waals surface area contributed by atoms with Gasteiger partial charge in [0.25, 0.3) is 0 Å². The summed E-state index contributed by atoms with van der Waals surface area (Å²) in [5.74, 6) is 0.326. The molecule has 2 aliphatic heterocycles. The van der Waals surface area contributed by atoms with E-state index in [1.165, 1.54) is 7.11 Å². The number of hydrogen-bond acceptors (Lipinski definition) is 6. The highest BCUT2D eigenvalue weighted by Crippen LogP contribution is 2.29. The Morgan fingerprint density at radius 2 is 1.88 bits per heavy atom. The Kier molecular flexibility index (Phi) is 13.6. The van der Waals surface area contributed by atoms with E-state index in [-0.39, 0.29) is 49.3 Å². The maximum absolute atomic E-state index is 11.6. The number of rotatable bonds is 9. The van der Waals surface area contributed by atoms with Gasteiger partial charge in [-0.3, -0.25) is 4.79 Å². The first-order valence-corrected chi connectivity index (χ1v) is 12.5. The zero-order valence-corrected chi connectivity index (χ0v) is 21.8. The van der Waals surface area contributed by atoms with Crippen LogP contribution in [0, 0.1) is 11.8 Å². The van der Waals surface area contributed by atoms with E-state index in [2.05, 4.69) is 44.8 Å². The van der Waals surface area contributed by atoms with Gasteiger partial charge in [-0.25, -0.2) is 0 Å². The lowest BCUT2D eigenvalue weighted by molar-refractivity contribution is -0.147. The number of aliphatic hydroxyl groups is 1. The monoisotopic (exact) mass is 465 g/mol. The highest BCUT2D eigenvalue weighted by atomic mass is 16.5. The number of carbonyl (C=O) groups is 1. The summed E-state index contributed by atoms with van der Waals surface area (Å²) in [6.07, 6.45) is 9.97. The van der Waals surface area contributed by atoms with Gasteiger partial charge in [0.1, 0.15) is 0 Å². The number of allylic oxidation sites excluding steroid dienone is 3. The summed E-state index contributed by atoms with van der Waals surface area (Å²) in [5, 5.41) is 13.0. The minimum absolute atomic E-state index is 0.108. The molecule has 2 heterocycles. The lowest BCUT2D eigenvalue weighted by Crippen LogP contribution is -2.48. The fraction of sp³-hybridized carbons (Fsp3) is 0.741.